The average molecular weight is 432 g/mol. The molecule has 1 amide bonds. The maximum Gasteiger partial charge on any atom is 0.228 e. The largest absolute Gasteiger partial charge is 0.384 e. The van der Waals surface area contributed by atoms with Crippen LogP contribution in [-0.2, 0) is 11.2 Å². The molecular formula is C15H10Br2ClNO2. The Hall–Kier alpha value is -0.880. The summed E-state index contributed by atoms with van der Waals surface area (Å²) in [6.07, 6.45) is -0.540. The molecule has 2 aromatic carbocycles. The number of rotatable bonds is 2. The first-order valence-electron chi connectivity index (χ1n) is 6.20. The summed E-state index contributed by atoms with van der Waals surface area (Å²) in [6, 6.07) is 9.04. The van der Waals surface area contributed by atoms with E-state index in [4.69, 9.17) is 11.6 Å². The summed E-state index contributed by atoms with van der Waals surface area (Å²) in [5.74, 6) is -0.0575. The van der Waals surface area contributed by atoms with Crippen LogP contribution in [0.3, 0.4) is 0 Å². The van der Waals surface area contributed by atoms with Crippen molar-refractivity contribution in [2.45, 2.75) is 12.5 Å². The van der Waals surface area contributed by atoms with Gasteiger partial charge >= 0.3 is 0 Å². The summed E-state index contributed by atoms with van der Waals surface area (Å²) >= 11 is 13.0. The molecule has 3 nitrogen and oxygen atoms in total. The van der Waals surface area contributed by atoms with E-state index in [1.165, 1.54) is 0 Å². The summed E-state index contributed by atoms with van der Waals surface area (Å²) in [7, 11) is 0. The van der Waals surface area contributed by atoms with Gasteiger partial charge in [-0.2, -0.15) is 0 Å². The van der Waals surface area contributed by atoms with E-state index in [1.807, 2.05) is 18.2 Å². The molecule has 3 rings (SSSR count). The number of aliphatic hydroxyl groups is 1. The molecular weight excluding hydrogens is 421 g/mol. The van der Waals surface area contributed by atoms with E-state index in [1.54, 1.807) is 12.1 Å². The number of fused-ring (bicyclic) bond motifs is 1. The van der Waals surface area contributed by atoms with Gasteiger partial charge < -0.3 is 10.4 Å². The van der Waals surface area contributed by atoms with Gasteiger partial charge in [0, 0.05) is 25.2 Å². The van der Waals surface area contributed by atoms with Crippen LogP contribution in [0.1, 0.15) is 22.8 Å². The molecule has 0 spiro atoms. The number of hydrogen-bond acceptors (Lipinski definition) is 2. The Morgan fingerprint density at radius 2 is 1.81 bits per heavy atom. The number of halogens is 3. The maximum atomic E-state index is 11.4. The molecule has 0 saturated carbocycles. The van der Waals surface area contributed by atoms with Crippen LogP contribution in [0.15, 0.2) is 39.3 Å². The van der Waals surface area contributed by atoms with Crippen molar-refractivity contribution in [1.29, 1.82) is 0 Å². The van der Waals surface area contributed by atoms with Crippen LogP contribution in [0.25, 0.3) is 0 Å². The summed E-state index contributed by atoms with van der Waals surface area (Å²) in [4.78, 5) is 11.4. The quantitative estimate of drug-likeness (QED) is 0.739. The van der Waals surface area contributed by atoms with Gasteiger partial charge in [0.1, 0.15) is 6.10 Å². The number of carbonyl (C=O) groups is 1. The smallest absolute Gasteiger partial charge is 0.228 e. The Bertz CT molecular complexity index is 728. The van der Waals surface area contributed by atoms with Crippen molar-refractivity contribution in [3.05, 3.63) is 61.0 Å². The number of aliphatic hydroxyl groups excluding tert-OH is 1. The third-order valence-electron chi connectivity index (χ3n) is 3.34. The van der Waals surface area contributed by atoms with Gasteiger partial charge in [0.25, 0.3) is 0 Å². The van der Waals surface area contributed by atoms with Gasteiger partial charge in [-0.05, 0) is 41.5 Å². The molecule has 1 aliphatic heterocycles. The lowest BCUT2D eigenvalue weighted by molar-refractivity contribution is -0.115. The first-order chi connectivity index (χ1) is 9.94. The summed E-state index contributed by atoms with van der Waals surface area (Å²) in [5, 5.41) is 13.8. The minimum Gasteiger partial charge on any atom is -0.384 e. The molecule has 1 aliphatic rings. The second-order valence-electron chi connectivity index (χ2n) is 4.86. The fourth-order valence-corrected chi connectivity index (χ4v) is 3.99. The molecule has 0 fully saturated rings. The van der Waals surface area contributed by atoms with Crippen LogP contribution in [0.5, 0.6) is 0 Å². The summed E-state index contributed by atoms with van der Waals surface area (Å²) < 4.78 is 1.72. The Labute approximate surface area is 143 Å². The van der Waals surface area contributed by atoms with E-state index in [-0.39, 0.29) is 5.91 Å². The standard InChI is InChI=1S/C15H10Br2ClNO2/c16-9-1-8(2-10(17)5-9)15(21)11-3-7-4-14(20)19-13(7)6-12(11)18/h1-3,5-6,15,21H,4H2,(H,19,20). The Kier molecular flexibility index (Phi) is 4.10. The molecule has 1 atom stereocenters. The van der Waals surface area contributed by atoms with Crippen molar-refractivity contribution >= 4 is 55.1 Å². The number of amides is 1. The lowest BCUT2D eigenvalue weighted by atomic mass is 9.98. The third kappa shape index (κ3) is 3.01. The molecule has 0 aliphatic carbocycles. The first-order valence-corrected chi connectivity index (χ1v) is 8.16. The van der Waals surface area contributed by atoms with E-state index >= 15 is 0 Å². The zero-order valence-corrected chi connectivity index (χ0v) is 14.6. The van der Waals surface area contributed by atoms with E-state index in [2.05, 4.69) is 37.2 Å². The Morgan fingerprint density at radius 1 is 1.14 bits per heavy atom. The molecule has 2 aromatic rings. The molecule has 2 N–H and O–H groups in total. The second kappa shape index (κ2) is 5.72. The van der Waals surface area contributed by atoms with E-state index in [0.29, 0.717) is 17.0 Å². The van der Waals surface area contributed by atoms with E-state index < -0.39 is 6.10 Å². The number of nitrogens with one attached hydrogen (secondary N) is 1. The van der Waals surface area contributed by atoms with Gasteiger partial charge in [-0.3, -0.25) is 4.79 Å². The van der Waals surface area contributed by atoms with Gasteiger partial charge in [0.2, 0.25) is 5.91 Å². The van der Waals surface area contributed by atoms with E-state index in [9.17, 15) is 9.90 Å². The predicted octanol–water partition coefficient (Wildman–Crippen LogP) is 4.44. The highest BCUT2D eigenvalue weighted by Gasteiger charge is 2.23. The average Bonchev–Trinajstić information content (AvgIpc) is 2.75. The van der Waals surface area contributed by atoms with Gasteiger partial charge in [0.15, 0.2) is 0 Å². The molecule has 1 heterocycles. The summed E-state index contributed by atoms with van der Waals surface area (Å²) in [6.45, 7) is 0. The maximum absolute atomic E-state index is 11.4. The highest BCUT2D eigenvalue weighted by atomic mass is 79.9. The second-order valence-corrected chi connectivity index (χ2v) is 7.10. The third-order valence-corrected chi connectivity index (χ3v) is 4.59. The SMILES string of the molecule is O=C1Cc2cc(C(O)c3cc(Br)cc(Br)c3)c(Cl)cc2N1. The molecule has 0 aromatic heterocycles. The van der Waals surface area contributed by atoms with E-state index in [0.717, 1.165) is 25.8 Å². The van der Waals surface area contributed by atoms with Crippen LogP contribution in [0, 0.1) is 0 Å². The molecule has 108 valence electrons. The predicted molar refractivity (Wildman–Crippen MR) is 89.7 cm³/mol. The molecule has 0 saturated heterocycles. The van der Waals surface area contributed by atoms with Crippen molar-refractivity contribution < 1.29 is 9.90 Å². The summed E-state index contributed by atoms with van der Waals surface area (Å²) in [5.41, 5.74) is 2.89. The normalized spacial score (nSPS) is 14.8. The fraction of sp³-hybridized carbons (Fsp3) is 0.133. The Balaban J connectivity index is 2.04. The molecule has 1 unspecified atom stereocenters. The van der Waals surface area contributed by atoms with Crippen LogP contribution < -0.4 is 5.32 Å². The first kappa shape index (κ1) is 15.0. The number of anilines is 1. The van der Waals surface area contributed by atoms with Gasteiger partial charge in [-0.25, -0.2) is 0 Å². The molecule has 0 bridgehead atoms. The number of carbonyl (C=O) groups excluding carboxylic acids is 1. The van der Waals surface area contributed by atoms with Crippen LogP contribution in [0.4, 0.5) is 5.69 Å². The lowest BCUT2D eigenvalue weighted by Crippen LogP contribution is -2.03. The molecule has 6 heteroatoms. The van der Waals surface area contributed by atoms with Crippen molar-refractivity contribution in [3.8, 4) is 0 Å². The molecule has 21 heavy (non-hydrogen) atoms. The van der Waals surface area contributed by atoms with Crippen molar-refractivity contribution in [1.82, 2.24) is 0 Å². The lowest BCUT2D eigenvalue weighted by Gasteiger charge is -2.15. The van der Waals surface area contributed by atoms with Crippen molar-refractivity contribution in [3.63, 3.8) is 0 Å². The highest BCUT2D eigenvalue weighted by molar-refractivity contribution is 9.11. The van der Waals surface area contributed by atoms with Crippen LogP contribution >= 0.6 is 43.5 Å². The van der Waals surface area contributed by atoms with Gasteiger partial charge in [0.05, 0.1) is 6.42 Å². The zero-order chi connectivity index (χ0) is 15.1. The van der Waals surface area contributed by atoms with Crippen molar-refractivity contribution in [2.24, 2.45) is 0 Å². The minimum absolute atomic E-state index is 0.0575. The minimum atomic E-state index is -0.854. The van der Waals surface area contributed by atoms with Crippen molar-refractivity contribution in [2.75, 3.05) is 5.32 Å². The van der Waals surface area contributed by atoms with Crippen LogP contribution in [-0.4, -0.2) is 11.0 Å². The zero-order valence-electron chi connectivity index (χ0n) is 10.7. The number of hydrogen-bond donors (Lipinski definition) is 2. The van der Waals surface area contributed by atoms with Gasteiger partial charge in [-0.15, -0.1) is 0 Å². The monoisotopic (exact) mass is 429 g/mol. The highest BCUT2D eigenvalue weighted by Crippen LogP contribution is 2.36. The Morgan fingerprint density at radius 3 is 2.48 bits per heavy atom. The topological polar surface area (TPSA) is 49.3 Å². The fourth-order valence-electron chi connectivity index (χ4n) is 2.39. The van der Waals surface area contributed by atoms with Gasteiger partial charge in [-0.1, -0.05) is 43.5 Å². The molecule has 0 radical (unpaired) electrons. The number of benzene rings is 2. The van der Waals surface area contributed by atoms with Crippen LogP contribution in [0.2, 0.25) is 5.02 Å².